The molecule has 86 valence electrons. The number of likely N-dealkylation sites (tertiary alicyclic amines) is 1. The number of rotatable bonds is 2. The van der Waals surface area contributed by atoms with E-state index in [-0.39, 0.29) is 5.91 Å². The molecule has 4 heteroatoms. The zero-order valence-electron chi connectivity index (χ0n) is 9.70. The van der Waals surface area contributed by atoms with Crippen LogP contribution in [0.4, 0.5) is 0 Å². The standard InChI is InChI=1S/C11H21N3O/c1-3-9-8-11(15)12-14(9)10-4-6-13(2)7-5-10/h9-10H,3-8H2,1-2H3,(H,12,15). The van der Waals surface area contributed by atoms with Crippen molar-refractivity contribution in [1.29, 1.82) is 0 Å². The lowest BCUT2D eigenvalue weighted by Gasteiger charge is -2.37. The van der Waals surface area contributed by atoms with E-state index in [4.69, 9.17) is 0 Å². The number of carbonyl (C=O) groups excluding carboxylic acids is 1. The second kappa shape index (κ2) is 4.49. The minimum atomic E-state index is 0.195. The summed E-state index contributed by atoms with van der Waals surface area (Å²) in [5, 5.41) is 2.22. The van der Waals surface area contributed by atoms with Crippen LogP contribution in [-0.2, 0) is 4.79 Å². The van der Waals surface area contributed by atoms with Crippen LogP contribution in [0.15, 0.2) is 0 Å². The molecule has 2 rings (SSSR count). The number of hydrazine groups is 1. The summed E-state index contributed by atoms with van der Waals surface area (Å²) >= 11 is 0. The van der Waals surface area contributed by atoms with Gasteiger partial charge in [-0.3, -0.25) is 10.2 Å². The van der Waals surface area contributed by atoms with Crippen molar-refractivity contribution in [3.63, 3.8) is 0 Å². The first-order valence-electron chi connectivity index (χ1n) is 5.97. The number of hydrogen-bond donors (Lipinski definition) is 1. The third-order valence-corrected chi connectivity index (χ3v) is 3.62. The largest absolute Gasteiger partial charge is 0.306 e. The van der Waals surface area contributed by atoms with E-state index in [0.717, 1.165) is 19.5 Å². The molecule has 1 N–H and O–H groups in total. The molecule has 0 spiro atoms. The number of nitrogens with zero attached hydrogens (tertiary/aromatic N) is 2. The molecule has 2 aliphatic rings. The summed E-state index contributed by atoms with van der Waals surface area (Å²) in [7, 11) is 2.16. The quantitative estimate of drug-likeness (QED) is 0.726. The lowest BCUT2D eigenvalue weighted by Crippen LogP contribution is -2.50. The van der Waals surface area contributed by atoms with Crippen LogP contribution in [0.25, 0.3) is 0 Å². The van der Waals surface area contributed by atoms with Gasteiger partial charge in [-0.1, -0.05) is 6.92 Å². The Morgan fingerprint density at radius 1 is 1.40 bits per heavy atom. The van der Waals surface area contributed by atoms with Gasteiger partial charge in [-0.15, -0.1) is 0 Å². The number of carbonyl (C=O) groups is 1. The lowest BCUT2D eigenvalue weighted by atomic mass is 10.0. The molecule has 0 aliphatic carbocycles. The molecule has 2 saturated heterocycles. The second-order valence-corrected chi connectivity index (χ2v) is 4.74. The molecule has 1 atom stereocenters. The topological polar surface area (TPSA) is 35.6 Å². The second-order valence-electron chi connectivity index (χ2n) is 4.74. The van der Waals surface area contributed by atoms with Gasteiger partial charge >= 0.3 is 0 Å². The molecule has 0 saturated carbocycles. The Bertz CT molecular complexity index is 236. The Kier molecular flexibility index (Phi) is 3.26. The van der Waals surface area contributed by atoms with Crippen LogP contribution in [0.3, 0.4) is 0 Å². The zero-order chi connectivity index (χ0) is 10.8. The Morgan fingerprint density at radius 2 is 2.07 bits per heavy atom. The average molecular weight is 211 g/mol. The summed E-state index contributed by atoms with van der Waals surface area (Å²) in [5.74, 6) is 0.195. The molecule has 1 unspecified atom stereocenters. The SMILES string of the molecule is CCC1CC(=O)NN1C1CCN(C)CC1. The minimum Gasteiger partial charge on any atom is -0.306 e. The third kappa shape index (κ3) is 2.32. The van der Waals surface area contributed by atoms with Gasteiger partial charge in [0.25, 0.3) is 0 Å². The summed E-state index contributed by atoms with van der Waals surface area (Å²) in [6.07, 6.45) is 4.09. The highest BCUT2D eigenvalue weighted by molar-refractivity contribution is 5.78. The summed E-state index contributed by atoms with van der Waals surface area (Å²) in [5.41, 5.74) is 3.02. The normalized spacial score (nSPS) is 30.8. The maximum Gasteiger partial charge on any atom is 0.235 e. The van der Waals surface area contributed by atoms with Crippen LogP contribution in [0.2, 0.25) is 0 Å². The van der Waals surface area contributed by atoms with Gasteiger partial charge in [-0.2, -0.15) is 0 Å². The molecule has 1 amide bonds. The van der Waals surface area contributed by atoms with Crippen LogP contribution in [0.5, 0.6) is 0 Å². The molecule has 2 heterocycles. The van der Waals surface area contributed by atoms with E-state index in [2.05, 4.69) is 29.3 Å². The molecule has 15 heavy (non-hydrogen) atoms. The zero-order valence-corrected chi connectivity index (χ0v) is 9.70. The van der Waals surface area contributed by atoms with Crippen LogP contribution in [0.1, 0.15) is 32.6 Å². The Hall–Kier alpha value is -0.610. The Balaban J connectivity index is 1.94. The molecule has 2 fully saturated rings. The van der Waals surface area contributed by atoms with Gasteiger partial charge in [-0.05, 0) is 39.4 Å². The number of nitrogens with one attached hydrogen (secondary N) is 1. The summed E-state index contributed by atoms with van der Waals surface area (Å²) in [4.78, 5) is 13.7. The molecular formula is C11H21N3O. The lowest BCUT2D eigenvalue weighted by molar-refractivity contribution is -0.121. The maximum atomic E-state index is 11.4. The third-order valence-electron chi connectivity index (χ3n) is 3.62. The highest BCUT2D eigenvalue weighted by Gasteiger charge is 2.35. The maximum absolute atomic E-state index is 11.4. The molecule has 0 aromatic rings. The molecule has 0 bridgehead atoms. The van der Waals surface area contributed by atoms with E-state index in [1.54, 1.807) is 0 Å². The van der Waals surface area contributed by atoms with E-state index >= 15 is 0 Å². The molecular weight excluding hydrogens is 190 g/mol. The predicted molar refractivity (Wildman–Crippen MR) is 59.2 cm³/mol. The fraction of sp³-hybridized carbons (Fsp3) is 0.909. The van der Waals surface area contributed by atoms with Gasteiger partial charge < -0.3 is 4.90 Å². The van der Waals surface area contributed by atoms with E-state index in [1.165, 1.54) is 12.8 Å². The fourth-order valence-electron chi connectivity index (χ4n) is 2.60. The van der Waals surface area contributed by atoms with E-state index in [1.807, 2.05) is 0 Å². The molecule has 0 aromatic heterocycles. The van der Waals surface area contributed by atoms with Gasteiger partial charge in [0, 0.05) is 18.5 Å². The van der Waals surface area contributed by atoms with Crippen molar-refractivity contribution in [2.75, 3.05) is 20.1 Å². The van der Waals surface area contributed by atoms with Crippen LogP contribution in [0, 0.1) is 0 Å². The highest BCUT2D eigenvalue weighted by atomic mass is 16.2. The van der Waals surface area contributed by atoms with E-state index < -0.39 is 0 Å². The van der Waals surface area contributed by atoms with E-state index in [0.29, 0.717) is 18.5 Å². The van der Waals surface area contributed by atoms with Gasteiger partial charge in [0.2, 0.25) is 5.91 Å². The molecule has 0 aromatic carbocycles. The van der Waals surface area contributed by atoms with Crippen molar-refractivity contribution in [1.82, 2.24) is 15.3 Å². The highest BCUT2D eigenvalue weighted by Crippen LogP contribution is 2.22. The van der Waals surface area contributed by atoms with Crippen molar-refractivity contribution >= 4 is 5.91 Å². The van der Waals surface area contributed by atoms with Crippen molar-refractivity contribution in [3.8, 4) is 0 Å². The van der Waals surface area contributed by atoms with Crippen LogP contribution < -0.4 is 5.43 Å². The predicted octanol–water partition coefficient (Wildman–Crippen LogP) is 0.596. The van der Waals surface area contributed by atoms with Gasteiger partial charge in [-0.25, -0.2) is 5.01 Å². The minimum absolute atomic E-state index is 0.195. The Labute approximate surface area is 91.6 Å². The summed E-state index contributed by atoms with van der Waals surface area (Å²) in [6, 6.07) is 0.975. The first kappa shape index (κ1) is 10.9. The van der Waals surface area contributed by atoms with Gasteiger partial charge in [0.05, 0.1) is 0 Å². The van der Waals surface area contributed by atoms with Crippen molar-refractivity contribution in [3.05, 3.63) is 0 Å². The van der Waals surface area contributed by atoms with Gasteiger partial charge in [0.15, 0.2) is 0 Å². The van der Waals surface area contributed by atoms with Gasteiger partial charge in [0.1, 0.15) is 0 Å². The average Bonchev–Trinajstić information content (AvgIpc) is 2.61. The number of piperidine rings is 1. The number of hydrogen-bond acceptors (Lipinski definition) is 3. The van der Waals surface area contributed by atoms with Crippen molar-refractivity contribution < 1.29 is 4.79 Å². The molecule has 4 nitrogen and oxygen atoms in total. The van der Waals surface area contributed by atoms with E-state index in [9.17, 15) is 4.79 Å². The van der Waals surface area contributed by atoms with Crippen LogP contribution in [-0.4, -0.2) is 48.0 Å². The molecule has 2 aliphatic heterocycles. The smallest absolute Gasteiger partial charge is 0.235 e. The Morgan fingerprint density at radius 3 is 2.67 bits per heavy atom. The monoisotopic (exact) mass is 211 g/mol. The van der Waals surface area contributed by atoms with Crippen LogP contribution >= 0.6 is 0 Å². The summed E-state index contributed by atoms with van der Waals surface area (Å²) in [6.45, 7) is 4.45. The summed E-state index contributed by atoms with van der Waals surface area (Å²) < 4.78 is 0. The van der Waals surface area contributed by atoms with Crippen molar-refractivity contribution in [2.45, 2.75) is 44.7 Å². The molecule has 0 radical (unpaired) electrons. The fourth-order valence-corrected chi connectivity index (χ4v) is 2.60. The first-order chi connectivity index (χ1) is 7.20. The first-order valence-corrected chi connectivity index (χ1v) is 5.97. The number of amides is 1. The van der Waals surface area contributed by atoms with Crippen molar-refractivity contribution in [2.24, 2.45) is 0 Å².